The zero-order chi connectivity index (χ0) is 6.28. The fourth-order valence-corrected chi connectivity index (χ4v) is 0. The van der Waals surface area contributed by atoms with E-state index in [9.17, 15) is 0 Å². The Morgan fingerprint density at radius 2 is 1.71 bits per heavy atom. The quantitative estimate of drug-likeness (QED) is 0.164. The summed E-state index contributed by atoms with van der Waals surface area (Å²) in [5.74, 6) is -0.333. The second-order valence-corrected chi connectivity index (χ2v) is 0.772. The zero-order valence-electron chi connectivity index (χ0n) is 3.59. The van der Waals surface area contributed by atoms with Gasteiger partial charge in [0.05, 0.1) is 0 Å². The van der Waals surface area contributed by atoms with Gasteiger partial charge in [0.25, 0.3) is 0 Å². The van der Waals surface area contributed by atoms with Gasteiger partial charge in [-0.25, -0.2) is 0 Å². The number of hydrogen-bond donors (Lipinski definition) is 4. The van der Waals surface area contributed by atoms with Gasteiger partial charge in [0.2, 0.25) is 0 Å². The average Bonchev–Trinajstić information content (AvgIpc) is 1.33. The first kappa shape index (κ1) is 9.64. The van der Waals surface area contributed by atoms with Crippen molar-refractivity contribution in [1.29, 1.82) is 5.41 Å². The molecule has 6 N–H and O–H groups in total. The summed E-state index contributed by atoms with van der Waals surface area (Å²) in [6.07, 6.45) is 0. The molecule has 0 saturated carbocycles. The molecule has 0 fully saturated rings. The number of nitrogens with one attached hydrogen (secondary N) is 1. The van der Waals surface area contributed by atoms with Gasteiger partial charge in [-0.1, -0.05) is 0 Å². The second-order valence-electron chi connectivity index (χ2n) is 0.561. The minimum absolute atomic E-state index is 0.333. The third-order valence-corrected chi connectivity index (χ3v) is 0. The molecule has 0 spiro atoms. The average molecular weight is 119 g/mol. The molecule has 0 rings (SSSR count). The van der Waals surface area contributed by atoms with Crippen LogP contribution in [0.2, 0.25) is 0 Å². The molecule has 0 amide bonds. The summed E-state index contributed by atoms with van der Waals surface area (Å²) in [5, 5.41) is 6.06. The molecule has 5 nitrogen and oxygen atoms in total. The molecule has 7 heavy (non-hydrogen) atoms. The number of nitrogens with two attached hydrogens (primary N) is 2. The van der Waals surface area contributed by atoms with Crippen molar-refractivity contribution in [2.45, 2.75) is 0 Å². The number of rotatable bonds is 0. The van der Waals surface area contributed by atoms with Crippen LogP contribution in [0.4, 0.5) is 0 Å². The molecule has 0 unspecified atom stereocenters. The van der Waals surface area contributed by atoms with Crippen LogP contribution in [0, 0.1) is 5.41 Å². The van der Waals surface area contributed by atoms with E-state index in [0.29, 0.717) is 0 Å². The van der Waals surface area contributed by atoms with Gasteiger partial charge in [0.1, 0.15) is 0 Å². The van der Waals surface area contributed by atoms with Crippen molar-refractivity contribution in [3.8, 4) is 0 Å². The van der Waals surface area contributed by atoms with Gasteiger partial charge < -0.3 is 11.5 Å². The first-order valence-corrected chi connectivity index (χ1v) is 2.31. The van der Waals surface area contributed by atoms with Crippen molar-refractivity contribution in [2.24, 2.45) is 11.5 Å². The Morgan fingerprint density at radius 1 is 1.71 bits per heavy atom. The second kappa shape index (κ2) is 9.04. The molecule has 0 saturated heterocycles. The molecule has 0 radical (unpaired) electrons. The van der Waals surface area contributed by atoms with E-state index in [4.69, 9.17) is 13.4 Å². The molecular weight excluding hydrogens is 113 g/mol. The van der Waals surface area contributed by atoms with E-state index in [-0.39, 0.29) is 5.96 Å². The molecule has 0 aromatic rings. The zero-order valence-corrected chi connectivity index (χ0v) is 4.74. The maximum atomic E-state index is 8.57. The molecule has 0 heterocycles. The van der Waals surface area contributed by atoms with E-state index in [1.165, 1.54) is 0 Å². The Labute approximate surface area is 47.1 Å². The fourth-order valence-electron chi connectivity index (χ4n) is 0. The predicted octanol–water partition coefficient (Wildman–Crippen LogP) is -2.22. The molecule has 0 aromatic heterocycles. The monoisotopic (exact) mass is 119 g/mol. The summed E-state index contributed by atoms with van der Waals surface area (Å²) in [6.45, 7) is 0. The molecule has 0 bridgehead atoms. The topological polar surface area (TPSA) is 113 Å². The molecule has 0 aliphatic carbocycles. The van der Waals surface area contributed by atoms with Crippen LogP contribution in [0.5, 0.6) is 0 Å². The van der Waals surface area contributed by atoms with E-state index in [1.807, 2.05) is 0 Å². The van der Waals surface area contributed by atoms with Gasteiger partial charge >= 0.3 is 23.4 Å². The van der Waals surface area contributed by atoms with E-state index in [2.05, 4.69) is 11.5 Å². The molecule has 6 heteroatoms. The van der Waals surface area contributed by atoms with Gasteiger partial charge in [-0.3, -0.25) is 5.41 Å². The van der Waals surface area contributed by atoms with Crippen molar-refractivity contribution in [3.05, 3.63) is 0 Å². The Hall–Kier alpha value is -0.598. The van der Waals surface area contributed by atoms with Crippen molar-refractivity contribution in [3.63, 3.8) is 0 Å². The van der Waals surface area contributed by atoms with Gasteiger partial charge in [0, 0.05) is 0 Å². The fraction of sp³-hybridized carbons (Fsp3) is 0. The maximum absolute atomic E-state index is 8.57. The van der Waals surface area contributed by atoms with Crippen molar-refractivity contribution >= 4 is 21.4 Å². The third-order valence-electron chi connectivity index (χ3n) is 0. The number of guanidine groups is 1. The molecule has 0 atom stereocenters. The summed E-state index contributed by atoms with van der Waals surface area (Å²) in [5.41, 5.74) is 8.94. The molecule has 0 aromatic carbocycles. The van der Waals surface area contributed by atoms with Crippen LogP contribution in [0.25, 0.3) is 0 Å². The summed E-state index contributed by atoms with van der Waals surface area (Å²) in [7, 11) is 0. The van der Waals surface area contributed by atoms with Gasteiger partial charge in [-0.05, 0) is 0 Å². The van der Waals surface area contributed by atoms with Crippen LogP contribution in [0.3, 0.4) is 0 Å². The van der Waals surface area contributed by atoms with Crippen LogP contribution in [0.15, 0.2) is 0 Å². The van der Waals surface area contributed by atoms with E-state index in [1.54, 1.807) is 0 Å². The van der Waals surface area contributed by atoms with Crippen LogP contribution in [0.1, 0.15) is 0 Å². The Kier molecular flexibility index (Phi) is 12.5. The van der Waals surface area contributed by atoms with E-state index in [0.717, 1.165) is 0 Å². The van der Waals surface area contributed by atoms with Crippen molar-refractivity contribution in [2.75, 3.05) is 0 Å². The van der Waals surface area contributed by atoms with Crippen LogP contribution < -0.4 is 11.5 Å². The van der Waals surface area contributed by atoms with Crippen LogP contribution >= 0.6 is 0 Å². The summed E-state index contributed by atoms with van der Waals surface area (Å²) in [4.78, 5) is 0. The summed E-state index contributed by atoms with van der Waals surface area (Å²) in [6, 6.07) is 0. The van der Waals surface area contributed by atoms with Crippen LogP contribution in [-0.4, -0.2) is 25.6 Å². The Balaban J connectivity index is 0. The van der Waals surface area contributed by atoms with Crippen molar-refractivity contribution < 1.29 is 7.96 Å². The van der Waals surface area contributed by atoms with Crippen molar-refractivity contribution in [1.82, 2.24) is 0 Å². The van der Waals surface area contributed by atoms with Crippen LogP contribution in [-0.2, 0) is 3.80 Å². The minimum atomic E-state index is -1.50. The standard InChI is InChI=1S/CH5N3.Al.H2O.O/c2-1(3)4;;;/h(H5,2,3,4);;1H2;/q;+1;;/p-1. The first-order valence-electron chi connectivity index (χ1n) is 1.32. The Morgan fingerprint density at radius 3 is 1.71 bits per heavy atom. The molecule has 40 valence electrons. The summed E-state index contributed by atoms with van der Waals surface area (Å²) < 4.78 is 15.7. The third kappa shape index (κ3) is 175. The predicted molar refractivity (Wildman–Crippen MR) is 24.8 cm³/mol. The first-order chi connectivity index (χ1) is 3.15. The normalized spacial score (nSPS) is 4.57. The SMILES string of the molecule is N=C(N)N.[O]=[Al][OH]. The van der Waals surface area contributed by atoms with Gasteiger partial charge in [0.15, 0.2) is 5.96 Å². The Bertz CT molecular complexity index is 60.0. The van der Waals surface area contributed by atoms with E-state index < -0.39 is 15.5 Å². The molecule has 0 aliphatic heterocycles. The van der Waals surface area contributed by atoms with Gasteiger partial charge in [-0.2, -0.15) is 0 Å². The molecule has 0 aliphatic rings. The van der Waals surface area contributed by atoms with E-state index >= 15 is 0 Å². The number of hydrogen-bond acceptors (Lipinski definition) is 2. The molecular formula is CH6AlN3O2. The van der Waals surface area contributed by atoms with Gasteiger partial charge in [-0.15, -0.1) is 0 Å². The summed E-state index contributed by atoms with van der Waals surface area (Å²) >= 11 is -1.50.